The highest BCUT2D eigenvalue weighted by atomic mass is 32.2. The number of nitrogens with one attached hydrogen (secondary N) is 1. The SMILES string of the molecule is CN1C(=O)c2ccc(NC(=O)COC(=O)c3ccc(S(C)(=O)=O)cc3)cc2C1=O. The van der Waals surface area contributed by atoms with Gasteiger partial charge in [-0.2, -0.15) is 0 Å². The Hall–Kier alpha value is -3.53. The fraction of sp³-hybridized carbons (Fsp3) is 0.158. The first kappa shape index (κ1) is 20.2. The third-order valence-electron chi connectivity index (χ3n) is 4.23. The Bertz CT molecular complexity index is 1140. The molecule has 0 fully saturated rings. The van der Waals surface area contributed by atoms with Crippen LogP contribution in [0.5, 0.6) is 0 Å². The second-order valence-electron chi connectivity index (χ2n) is 6.35. The normalized spacial score (nSPS) is 13.2. The summed E-state index contributed by atoms with van der Waals surface area (Å²) in [5, 5.41) is 2.48. The van der Waals surface area contributed by atoms with Gasteiger partial charge in [0, 0.05) is 19.0 Å². The Labute approximate surface area is 166 Å². The van der Waals surface area contributed by atoms with E-state index in [0.29, 0.717) is 0 Å². The van der Waals surface area contributed by atoms with Crippen LogP contribution in [0.4, 0.5) is 5.69 Å². The van der Waals surface area contributed by atoms with Gasteiger partial charge in [-0.05, 0) is 42.5 Å². The van der Waals surface area contributed by atoms with Crippen molar-refractivity contribution in [2.24, 2.45) is 0 Å². The number of rotatable bonds is 5. The monoisotopic (exact) mass is 416 g/mol. The molecule has 1 N–H and O–H groups in total. The highest BCUT2D eigenvalue weighted by Gasteiger charge is 2.32. The van der Waals surface area contributed by atoms with E-state index in [-0.39, 0.29) is 27.3 Å². The number of nitrogens with zero attached hydrogens (tertiary/aromatic N) is 1. The average Bonchev–Trinajstić information content (AvgIpc) is 2.89. The van der Waals surface area contributed by atoms with Crippen LogP contribution in [0.1, 0.15) is 31.1 Å². The lowest BCUT2D eigenvalue weighted by Crippen LogP contribution is -2.24. The quantitative estimate of drug-likeness (QED) is 0.571. The third kappa shape index (κ3) is 4.16. The minimum atomic E-state index is -3.39. The molecule has 0 spiro atoms. The highest BCUT2D eigenvalue weighted by Crippen LogP contribution is 2.24. The fourth-order valence-electron chi connectivity index (χ4n) is 2.69. The summed E-state index contributed by atoms with van der Waals surface area (Å²) >= 11 is 0. The van der Waals surface area contributed by atoms with Crippen LogP contribution in [-0.4, -0.2) is 56.9 Å². The molecule has 1 aliphatic heterocycles. The first-order valence-corrected chi connectivity index (χ1v) is 10.2. The predicted molar refractivity (Wildman–Crippen MR) is 101 cm³/mol. The van der Waals surface area contributed by atoms with E-state index in [0.717, 1.165) is 11.2 Å². The van der Waals surface area contributed by atoms with E-state index in [2.05, 4.69) is 5.32 Å². The van der Waals surface area contributed by atoms with Crippen molar-refractivity contribution in [2.75, 3.05) is 25.2 Å². The summed E-state index contributed by atoms with van der Waals surface area (Å²) in [5.74, 6) is -2.32. The molecule has 9 nitrogen and oxygen atoms in total. The van der Waals surface area contributed by atoms with Crippen LogP contribution in [0.3, 0.4) is 0 Å². The van der Waals surface area contributed by atoms with Gasteiger partial charge in [-0.15, -0.1) is 0 Å². The molecular weight excluding hydrogens is 400 g/mol. The van der Waals surface area contributed by atoms with Crippen LogP contribution in [-0.2, 0) is 19.4 Å². The second-order valence-corrected chi connectivity index (χ2v) is 8.37. The van der Waals surface area contributed by atoms with Gasteiger partial charge in [0.2, 0.25) is 0 Å². The maximum atomic E-state index is 12.0. The number of hydrogen-bond donors (Lipinski definition) is 1. The number of hydrogen-bond acceptors (Lipinski definition) is 7. The highest BCUT2D eigenvalue weighted by molar-refractivity contribution is 7.90. The number of benzene rings is 2. The molecule has 10 heteroatoms. The predicted octanol–water partition coefficient (Wildman–Crippen LogP) is 1.11. The summed E-state index contributed by atoms with van der Waals surface area (Å²) in [6.45, 7) is -0.587. The smallest absolute Gasteiger partial charge is 0.338 e. The van der Waals surface area contributed by atoms with Crippen LogP contribution < -0.4 is 5.32 Å². The Morgan fingerprint density at radius 1 is 1.00 bits per heavy atom. The number of carbonyl (C=O) groups excluding carboxylic acids is 4. The van der Waals surface area contributed by atoms with Crippen molar-refractivity contribution in [1.82, 2.24) is 4.90 Å². The van der Waals surface area contributed by atoms with Crippen molar-refractivity contribution in [2.45, 2.75) is 4.90 Å². The first-order chi connectivity index (χ1) is 13.6. The molecule has 0 atom stereocenters. The molecule has 1 aliphatic rings. The van der Waals surface area contributed by atoms with E-state index in [1.54, 1.807) is 0 Å². The summed E-state index contributed by atoms with van der Waals surface area (Å²) in [5.41, 5.74) is 0.798. The molecule has 0 aromatic heterocycles. The van der Waals surface area contributed by atoms with Gasteiger partial charge in [0.1, 0.15) is 0 Å². The molecule has 0 aliphatic carbocycles. The van der Waals surface area contributed by atoms with Crippen molar-refractivity contribution >= 4 is 39.2 Å². The first-order valence-electron chi connectivity index (χ1n) is 8.31. The zero-order chi connectivity index (χ0) is 21.3. The van der Waals surface area contributed by atoms with E-state index in [1.165, 1.54) is 49.5 Å². The molecule has 3 rings (SSSR count). The second kappa shape index (κ2) is 7.47. The molecule has 1 heterocycles. The lowest BCUT2D eigenvalue weighted by atomic mass is 10.1. The van der Waals surface area contributed by atoms with Crippen molar-refractivity contribution in [1.29, 1.82) is 0 Å². The van der Waals surface area contributed by atoms with Crippen LogP contribution >= 0.6 is 0 Å². The number of fused-ring (bicyclic) bond motifs is 1. The largest absolute Gasteiger partial charge is 0.452 e. The lowest BCUT2D eigenvalue weighted by Gasteiger charge is -2.08. The van der Waals surface area contributed by atoms with Crippen molar-refractivity contribution in [3.05, 3.63) is 59.2 Å². The van der Waals surface area contributed by atoms with Crippen LogP contribution in [0.2, 0.25) is 0 Å². The molecule has 2 aromatic carbocycles. The number of imide groups is 1. The summed E-state index contributed by atoms with van der Waals surface area (Å²) in [4.78, 5) is 48.9. The Balaban J connectivity index is 1.60. The number of sulfone groups is 1. The topological polar surface area (TPSA) is 127 Å². The van der Waals surface area contributed by atoms with Gasteiger partial charge in [0.05, 0.1) is 21.6 Å². The van der Waals surface area contributed by atoms with E-state index in [1.807, 2.05) is 0 Å². The molecule has 29 heavy (non-hydrogen) atoms. The molecule has 0 saturated heterocycles. The molecule has 0 bridgehead atoms. The number of carbonyl (C=O) groups is 4. The van der Waals surface area contributed by atoms with Crippen molar-refractivity contribution in [3.8, 4) is 0 Å². The van der Waals surface area contributed by atoms with Gasteiger partial charge in [0.15, 0.2) is 16.4 Å². The molecule has 0 saturated carbocycles. The van der Waals surface area contributed by atoms with Crippen molar-refractivity contribution in [3.63, 3.8) is 0 Å². The summed E-state index contributed by atoms with van der Waals surface area (Å²) in [6, 6.07) is 9.39. The van der Waals surface area contributed by atoms with Crippen LogP contribution in [0.15, 0.2) is 47.4 Å². The zero-order valence-electron chi connectivity index (χ0n) is 15.5. The minimum Gasteiger partial charge on any atom is -0.452 e. The fourth-order valence-corrected chi connectivity index (χ4v) is 3.32. The standard InChI is InChI=1S/C19H16N2O7S/c1-21-17(23)14-8-5-12(9-15(14)18(21)24)20-16(22)10-28-19(25)11-3-6-13(7-4-11)29(2,26)27/h3-9H,10H2,1-2H3,(H,20,22). The maximum absolute atomic E-state index is 12.0. The Kier molecular flexibility index (Phi) is 5.21. The van der Waals surface area contributed by atoms with Gasteiger partial charge in [-0.1, -0.05) is 0 Å². The van der Waals surface area contributed by atoms with Gasteiger partial charge >= 0.3 is 5.97 Å². The number of amides is 3. The van der Waals surface area contributed by atoms with Gasteiger partial charge in [-0.3, -0.25) is 19.3 Å². The van der Waals surface area contributed by atoms with Crippen LogP contribution in [0, 0.1) is 0 Å². The van der Waals surface area contributed by atoms with E-state index in [9.17, 15) is 27.6 Å². The molecule has 3 amide bonds. The van der Waals surface area contributed by atoms with Crippen molar-refractivity contribution < 1.29 is 32.3 Å². The van der Waals surface area contributed by atoms with E-state index in [4.69, 9.17) is 4.74 Å². The minimum absolute atomic E-state index is 0.0575. The molecule has 2 aromatic rings. The summed E-state index contributed by atoms with van der Waals surface area (Å²) < 4.78 is 27.7. The van der Waals surface area contributed by atoms with Gasteiger partial charge < -0.3 is 10.1 Å². The van der Waals surface area contributed by atoms with Gasteiger partial charge in [0.25, 0.3) is 17.7 Å². The van der Waals surface area contributed by atoms with Gasteiger partial charge in [-0.25, -0.2) is 13.2 Å². The number of ether oxygens (including phenoxy) is 1. The van der Waals surface area contributed by atoms with E-state index < -0.39 is 40.1 Å². The number of anilines is 1. The Morgan fingerprint density at radius 2 is 1.62 bits per heavy atom. The van der Waals surface area contributed by atoms with E-state index >= 15 is 0 Å². The number of esters is 1. The summed E-state index contributed by atoms with van der Waals surface area (Å²) in [7, 11) is -2.02. The molecule has 150 valence electrons. The maximum Gasteiger partial charge on any atom is 0.338 e. The molecule has 0 unspecified atom stereocenters. The Morgan fingerprint density at radius 3 is 2.24 bits per heavy atom. The molecule has 0 radical (unpaired) electrons. The van der Waals surface area contributed by atoms with Crippen LogP contribution in [0.25, 0.3) is 0 Å². The average molecular weight is 416 g/mol. The third-order valence-corrected chi connectivity index (χ3v) is 5.35. The zero-order valence-corrected chi connectivity index (χ0v) is 16.3. The lowest BCUT2D eigenvalue weighted by molar-refractivity contribution is -0.119. The molecular formula is C19H16N2O7S. The summed E-state index contributed by atoms with van der Waals surface area (Å²) in [6.07, 6.45) is 1.05.